The number of hydrogen-bond acceptors (Lipinski definition) is 2. The highest BCUT2D eigenvalue weighted by atomic mass is 19.1. The lowest BCUT2D eigenvalue weighted by atomic mass is 10.1. The van der Waals surface area contributed by atoms with E-state index in [0.29, 0.717) is 12.1 Å². The molecule has 3 rings (SSSR count). The number of hydrogen-bond donors (Lipinski definition) is 1. The number of amides is 1. The third-order valence-corrected chi connectivity index (χ3v) is 3.52. The molecule has 3 aromatic rings. The summed E-state index contributed by atoms with van der Waals surface area (Å²) in [7, 11) is 0. The highest BCUT2D eigenvalue weighted by Gasteiger charge is 2.08. The van der Waals surface area contributed by atoms with Gasteiger partial charge in [0, 0.05) is 18.1 Å². The number of benzene rings is 2. The molecule has 0 radical (unpaired) electrons. The molecule has 4 heteroatoms. The zero-order valence-electron chi connectivity index (χ0n) is 11.9. The van der Waals surface area contributed by atoms with Crippen LogP contribution in [0.5, 0.6) is 0 Å². The predicted octanol–water partition coefficient (Wildman–Crippen LogP) is 3.23. The van der Waals surface area contributed by atoms with E-state index >= 15 is 0 Å². The molecule has 0 atom stereocenters. The topological polar surface area (TPSA) is 42.0 Å². The number of rotatable bonds is 4. The molecule has 0 aliphatic rings. The summed E-state index contributed by atoms with van der Waals surface area (Å²) in [5.41, 5.74) is 2.29. The van der Waals surface area contributed by atoms with Crippen LogP contribution in [0.3, 0.4) is 0 Å². The molecule has 1 heterocycles. The van der Waals surface area contributed by atoms with Crippen molar-refractivity contribution in [3.05, 3.63) is 77.7 Å². The van der Waals surface area contributed by atoms with Crippen molar-refractivity contribution < 1.29 is 9.18 Å². The number of halogens is 1. The number of carbonyl (C=O) groups is 1. The second-order valence-corrected chi connectivity index (χ2v) is 5.03. The maximum absolute atomic E-state index is 13.5. The van der Waals surface area contributed by atoms with Gasteiger partial charge in [-0.3, -0.25) is 9.78 Å². The minimum atomic E-state index is -0.355. The summed E-state index contributed by atoms with van der Waals surface area (Å²) < 4.78 is 13.5. The van der Waals surface area contributed by atoms with Gasteiger partial charge in [0.05, 0.1) is 11.9 Å². The Morgan fingerprint density at radius 3 is 2.64 bits per heavy atom. The minimum Gasteiger partial charge on any atom is -0.352 e. The molecule has 0 aliphatic heterocycles. The van der Waals surface area contributed by atoms with E-state index in [1.165, 1.54) is 6.07 Å². The van der Waals surface area contributed by atoms with Gasteiger partial charge in [-0.25, -0.2) is 4.39 Å². The van der Waals surface area contributed by atoms with Gasteiger partial charge in [-0.15, -0.1) is 0 Å². The number of para-hydroxylation sites is 1. The largest absolute Gasteiger partial charge is 0.352 e. The van der Waals surface area contributed by atoms with Crippen molar-refractivity contribution in [1.82, 2.24) is 10.3 Å². The van der Waals surface area contributed by atoms with E-state index < -0.39 is 0 Å². The lowest BCUT2D eigenvalue weighted by molar-refractivity contribution is -0.120. The van der Waals surface area contributed by atoms with Gasteiger partial charge >= 0.3 is 0 Å². The van der Waals surface area contributed by atoms with Crippen LogP contribution >= 0.6 is 0 Å². The fourth-order valence-electron chi connectivity index (χ4n) is 2.38. The molecule has 3 nitrogen and oxygen atoms in total. The van der Waals surface area contributed by atoms with Gasteiger partial charge in [0.15, 0.2) is 0 Å². The van der Waals surface area contributed by atoms with Crippen molar-refractivity contribution in [2.24, 2.45) is 0 Å². The van der Waals surface area contributed by atoms with Crippen LogP contribution in [0.1, 0.15) is 11.1 Å². The number of fused-ring (bicyclic) bond motifs is 1. The second kappa shape index (κ2) is 6.35. The van der Waals surface area contributed by atoms with Crippen LogP contribution in [-0.4, -0.2) is 10.9 Å². The monoisotopic (exact) mass is 294 g/mol. The molecule has 0 bridgehead atoms. The van der Waals surface area contributed by atoms with Gasteiger partial charge in [-0.05, 0) is 29.3 Å². The lowest BCUT2D eigenvalue weighted by Gasteiger charge is -2.08. The fourth-order valence-corrected chi connectivity index (χ4v) is 2.38. The lowest BCUT2D eigenvalue weighted by Crippen LogP contribution is -2.25. The number of carbonyl (C=O) groups excluding carboxylic acids is 1. The number of nitrogens with zero attached hydrogens (tertiary/aromatic N) is 1. The summed E-state index contributed by atoms with van der Waals surface area (Å²) in [4.78, 5) is 16.3. The van der Waals surface area contributed by atoms with E-state index in [2.05, 4.69) is 10.3 Å². The van der Waals surface area contributed by atoms with Crippen LogP contribution in [0, 0.1) is 5.82 Å². The quantitative estimate of drug-likeness (QED) is 0.802. The van der Waals surface area contributed by atoms with Crippen LogP contribution in [0.4, 0.5) is 4.39 Å². The third-order valence-electron chi connectivity index (χ3n) is 3.52. The van der Waals surface area contributed by atoms with E-state index in [4.69, 9.17) is 0 Å². The Balaban J connectivity index is 1.69. The molecule has 0 unspecified atom stereocenters. The zero-order valence-corrected chi connectivity index (χ0v) is 11.9. The van der Waals surface area contributed by atoms with Crippen LogP contribution in [0.2, 0.25) is 0 Å². The first kappa shape index (κ1) is 14.2. The highest BCUT2D eigenvalue weighted by molar-refractivity contribution is 5.83. The summed E-state index contributed by atoms with van der Waals surface area (Å²) >= 11 is 0. The van der Waals surface area contributed by atoms with Gasteiger partial charge < -0.3 is 5.32 Å². The van der Waals surface area contributed by atoms with E-state index in [0.717, 1.165) is 16.5 Å². The molecule has 0 spiro atoms. The third kappa shape index (κ3) is 3.11. The zero-order chi connectivity index (χ0) is 15.4. The molecule has 0 saturated heterocycles. The Morgan fingerprint density at radius 1 is 1.00 bits per heavy atom. The van der Waals surface area contributed by atoms with Gasteiger partial charge in [0.2, 0.25) is 5.91 Å². The fraction of sp³-hybridized carbons (Fsp3) is 0.111. The van der Waals surface area contributed by atoms with Crippen molar-refractivity contribution in [3.8, 4) is 0 Å². The predicted molar refractivity (Wildman–Crippen MR) is 83.7 cm³/mol. The normalized spacial score (nSPS) is 10.6. The van der Waals surface area contributed by atoms with Crippen molar-refractivity contribution >= 4 is 16.8 Å². The molecule has 1 amide bonds. The van der Waals surface area contributed by atoms with Crippen LogP contribution in [0.15, 0.2) is 60.8 Å². The first-order chi connectivity index (χ1) is 10.7. The summed E-state index contributed by atoms with van der Waals surface area (Å²) in [6, 6.07) is 16.0. The SMILES string of the molecule is O=C(Cc1ccccc1F)NCc1ccnc2ccccc12. The molecule has 110 valence electrons. The molecule has 0 aliphatic carbocycles. The van der Waals surface area contributed by atoms with Gasteiger partial charge in [0.25, 0.3) is 0 Å². The van der Waals surface area contributed by atoms with E-state index in [1.807, 2.05) is 30.3 Å². The molecule has 22 heavy (non-hydrogen) atoms. The first-order valence-electron chi connectivity index (χ1n) is 7.07. The molecular formula is C18H15FN2O. The van der Waals surface area contributed by atoms with Gasteiger partial charge in [0.1, 0.15) is 5.82 Å². The Kier molecular flexibility index (Phi) is 4.10. The molecule has 1 N–H and O–H groups in total. The van der Waals surface area contributed by atoms with Crippen molar-refractivity contribution in [1.29, 1.82) is 0 Å². The number of nitrogens with one attached hydrogen (secondary N) is 1. The highest BCUT2D eigenvalue weighted by Crippen LogP contribution is 2.16. The van der Waals surface area contributed by atoms with Crippen molar-refractivity contribution in [3.63, 3.8) is 0 Å². The first-order valence-corrected chi connectivity index (χ1v) is 7.07. The molecule has 0 saturated carbocycles. The van der Waals surface area contributed by atoms with Crippen LogP contribution in [0.25, 0.3) is 10.9 Å². The van der Waals surface area contributed by atoms with Crippen molar-refractivity contribution in [2.45, 2.75) is 13.0 Å². The number of aromatic nitrogens is 1. The van der Waals surface area contributed by atoms with E-state index in [-0.39, 0.29) is 18.1 Å². The van der Waals surface area contributed by atoms with Crippen molar-refractivity contribution in [2.75, 3.05) is 0 Å². The summed E-state index contributed by atoms with van der Waals surface area (Å²) in [5.74, 6) is -0.557. The number of pyridine rings is 1. The Hall–Kier alpha value is -2.75. The smallest absolute Gasteiger partial charge is 0.224 e. The molecule has 1 aromatic heterocycles. The summed E-state index contributed by atoms with van der Waals surface area (Å²) in [5, 5.41) is 3.84. The maximum Gasteiger partial charge on any atom is 0.224 e. The molecular weight excluding hydrogens is 279 g/mol. The summed E-state index contributed by atoms with van der Waals surface area (Å²) in [6.45, 7) is 0.399. The maximum atomic E-state index is 13.5. The van der Waals surface area contributed by atoms with E-state index in [1.54, 1.807) is 24.4 Å². The van der Waals surface area contributed by atoms with Crippen LogP contribution < -0.4 is 5.32 Å². The Labute approximate surface area is 127 Å². The average molecular weight is 294 g/mol. The Bertz CT molecular complexity index is 812. The van der Waals surface area contributed by atoms with Gasteiger partial charge in [-0.2, -0.15) is 0 Å². The second-order valence-electron chi connectivity index (χ2n) is 5.03. The Morgan fingerprint density at radius 2 is 1.77 bits per heavy atom. The van der Waals surface area contributed by atoms with E-state index in [9.17, 15) is 9.18 Å². The standard InChI is InChI=1S/C18H15FN2O/c19-16-7-3-1-5-13(16)11-18(22)21-12-14-9-10-20-17-8-4-2-6-15(14)17/h1-10H,11-12H2,(H,21,22). The molecule has 0 fully saturated rings. The van der Waals surface area contributed by atoms with Crippen LogP contribution in [-0.2, 0) is 17.8 Å². The molecule has 2 aromatic carbocycles. The summed E-state index contributed by atoms with van der Waals surface area (Å²) in [6.07, 6.45) is 1.76. The van der Waals surface area contributed by atoms with Gasteiger partial charge in [-0.1, -0.05) is 36.4 Å². The minimum absolute atomic E-state index is 0.0374. The average Bonchev–Trinajstić information content (AvgIpc) is 2.55.